The first-order valence-electron chi connectivity index (χ1n) is 11.4. The Kier molecular flexibility index (Phi) is 7.64. The number of amides is 1. The number of benzene rings is 3. The molecule has 1 N–H and O–H groups in total. The van der Waals surface area contributed by atoms with E-state index < -0.39 is 0 Å². The van der Waals surface area contributed by atoms with E-state index in [-0.39, 0.29) is 11.7 Å². The van der Waals surface area contributed by atoms with E-state index >= 15 is 0 Å². The molecule has 0 aliphatic heterocycles. The van der Waals surface area contributed by atoms with Crippen molar-refractivity contribution in [1.82, 2.24) is 14.9 Å². The van der Waals surface area contributed by atoms with Gasteiger partial charge in [0.2, 0.25) is 5.91 Å². The van der Waals surface area contributed by atoms with E-state index in [1.54, 1.807) is 12.1 Å². The molecule has 0 aliphatic rings. The number of nitrogens with one attached hydrogen (secondary N) is 1. The molecule has 1 aromatic heterocycles. The SMILES string of the molecule is O=C(/C=C/c1ccccc1)NCCCCCc1nc2ccccc2n1Cc1ccccc1F. The summed E-state index contributed by atoms with van der Waals surface area (Å²) in [5.74, 6) is 0.693. The number of para-hydroxylation sites is 2. The second-order valence-corrected chi connectivity index (χ2v) is 8.04. The minimum Gasteiger partial charge on any atom is -0.353 e. The van der Waals surface area contributed by atoms with Gasteiger partial charge in [0, 0.05) is 24.6 Å². The van der Waals surface area contributed by atoms with Gasteiger partial charge in [0.25, 0.3) is 0 Å². The normalized spacial score (nSPS) is 11.3. The average molecular weight is 442 g/mol. The minimum absolute atomic E-state index is 0.0782. The van der Waals surface area contributed by atoms with Crippen LogP contribution in [-0.4, -0.2) is 22.0 Å². The number of hydrogen-bond acceptors (Lipinski definition) is 2. The molecule has 1 amide bonds. The monoisotopic (exact) mass is 441 g/mol. The van der Waals surface area contributed by atoms with Crippen LogP contribution < -0.4 is 5.32 Å². The molecule has 0 bridgehead atoms. The van der Waals surface area contributed by atoms with Crippen LogP contribution in [0.2, 0.25) is 0 Å². The van der Waals surface area contributed by atoms with Crippen molar-refractivity contribution in [1.29, 1.82) is 0 Å². The van der Waals surface area contributed by atoms with Gasteiger partial charge in [-0.1, -0.05) is 67.1 Å². The lowest BCUT2D eigenvalue weighted by Gasteiger charge is -2.10. The van der Waals surface area contributed by atoms with Gasteiger partial charge in [0.15, 0.2) is 0 Å². The predicted octanol–water partition coefficient (Wildman–Crippen LogP) is 5.77. The maximum Gasteiger partial charge on any atom is 0.243 e. The van der Waals surface area contributed by atoms with Crippen molar-refractivity contribution in [3.8, 4) is 0 Å². The summed E-state index contributed by atoms with van der Waals surface area (Å²) in [5.41, 5.74) is 3.62. The number of imidazole rings is 1. The van der Waals surface area contributed by atoms with Gasteiger partial charge in [0.1, 0.15) is 11.6 Å². The minimum atomic E-state index is -0.196. The number of aromatic nitrogens is 2. The number of fused-ring (bicyclic) bond motifs is 1. The van der Waals surface area contributed by atoms with Gasteiger partial charge in [-0.25, -0.2) is 9.37 Å². The molecule has 33 heavy (non-hydrogen) atoms. The average Bonchev–Trinajstić information content (AvgIpc) is 3.19. The van der Waals surface area contributed by atoms with E-state index in [9.17, 15) is 9.18 Å². The van der Waals surface area contributed by atoms with E-state index in [4.69, 9.17) is 4.98 Å². The van der Waals surface area contributed by atoms with E-state index in [1.165, 1.54) is 6.07 Å². The Labute approximate surface area is 193 Å². The van der Waals surface area contributed by atoms with Gasteiger partial charge >= 0.3 is 0 Å². The lowest BCUT2D eigenvalue weighted by molar-refractivity contribution is -0.116. The first-order valence-corrected chi connectivity index (χ1v) is 11.4. The Bertz CT molecular complexity index is 1230. The van der Waals surface area contributed by atoms with Crippen molar-refractivity contribution in [3.05, 3.63) is 108 Å². The van der Waals surface area contributed by atoms with E-state index in [0.29, 0.717) is 18.7 Å². The van der Waals surface area contributed by atoms with Crippen LogP contribution in [0.15, 0.2) is 84.9 Å². The molecule has 4 aromatic rings. The lowest BCUT2D eigenvalue weighted by Crippen LogP contribution is -2.22. The maximum absolute atomic E-state index is 14.2. The zero-order valence-electron chi connectivity index (χ0n) is 18.6. The van der Waals surface area contributed by atoms with Crippen molar-refractivity contribution in [2.45, 2.75) is 32.2 Å². The van der Waals surface area contributed by atoms with Crippen LogP contribution in [-0.2, 0) is 17.8 Å². The zero-order valence-corrected chi connectivity index (χ0v) is 18.6. The van der Waals surface area contributed by atoms with Gasteiger partial charge in [-0.3, -0.25) is 4.79 Å². The van der Waals surface area contributed by atoms with Gasteiger partial charge in [0.05, 0.1) is 17.6 Å². The number of carbonyl (C=O) groups is 1. The Balaban J connectivity index is 1.28. The summed E-state index contributed by atoms with van der Waals surface area (Å²) in [6.45, 7) is 1.11. The molecule has 0 atom stereocenters. The molecule has 0 fully saturated rings. The summed E-state index contributed by atoms with van der Waals surface area (Å²) in [4.78, 5) is 16.8. The third-order valence-electron chi connectivity index (χ3n) is 5.62. The zero-order chi connectivity index (χ0) is 22.9. The molecule has 4 rings (SSSR count). The number of halogens is 1. The maximum atomic E-state index is 14.2. The second kappa shape index (κ2) is 11.2. The molecule has 0 saturated heterocycles. The van der Waals surface area contributed by atoms with Crippen LogP contribution in [0, 0.1) is 5.82 Å². The molecule has 5 heteroatoms. The highest BCUT2D eigenvalue weighted by molar-refractivity contribution is 5.91. The molecule has 1 heterocycles. The van der Waals surface area contributed by atoms with E-state index in [2.05, 4.69) is 9.88 Å². The van der Waals surface area contributed by atoms with Crippen LogP contribution in [0.25, 0.3) is 17.1 Å². The smallest absolute Gasteiger partial charge is 0.243 e. The predicted molar refractivity (Wildman–Crippen MR) is 131 cm³/mol. The number of unbranched alkanes of at least 4 members (excludes halogenated alkanes) is 2. The Hall–Kier alpha value is -3.73. The Morgan fingerprint density at radius 1 is 0.909 bits per heavy atom. The summed E-state index contributed by atoms with van der Waals surface area (Å²) >= 11 is 0. The van der Waals surface area contributed by atoms with Crippen LogP contribution >= 0.6 is 0 Å². The highest BCUT2D eigenvalue weighted by atomic mass is 19.1. The molecule has 0 spiro atoms. The number of aryl methyl sites for hydroxylation is 1. The Morgan fingerprint density at radius 3 is 2.52 bits per heavy atom. The summed E-state index contributed by atoms with van der Waals surface area (Å²) in [5, 5.41) is 2.94. The third-order valence-corrected chi connectivity index (χ3v) is 5.62. The van der Waals surface area contributed by atoms with Gasteiger partial charge < -0.3 is 9.88 Å². The molecule has 0 aliphatic carbocycles. The third kappa shape index (κ3) is 6.16. The van der Waals surface area contributed by atoms with Gasteiger partial charge in [-0.2, -0.15) is 0 Å². The summed E-state index contributed by atoms with van der Waals surface area (Å²) in [6, 6.07) is 24.6. The van der Waals surface area contributed by atoms with Crippen molar-refractivity contribution in [3.63, 3.8) is 0 Å². The molecule has 0 unspecified atom stereocenters. The van der Waals surface area contributed by atoms with E-state index in [1.807, 2.05) is 72.8 Å². The molecule has 3 aromatic carbocycles. The second-order valence-electron chi connectivity index (χ2n) is 8.04. The molecule has 0 radical (unpaired) electrons. The number of hydrogen-bond donors (Lipinski definition) is 1. The fraction of sp³-hybridized carbons (Fsp3) is 0.214. The number of carbonyl (C=O) groups excluding carboxylic acids is 1. The van der Waals surface area contributed by atoms with Gasteiger partial charge in [-0.15, -0.1) is 0 Å². The van der Waals surface area contributed by atoms with Crippen molar-refractivity contribution in [2.75, 3.05) is 6.54 Å². The van der Waals surface area contributed by atoms with E-state index in [0.717, 1.165) is 48.1 Å². The summed E-state index contributed by atoms with van der Waals surface area (Å²) < 4.78 is 16.4. The lowest BCUT2D eigenvalue weighted by atomic mass is 10.1. The Morgan fingerprint density at radius 2 is 1.67 bits per heavy atom. The van der Waals surface area contributed by atoms with Crippen LogP contribution in [0.3, 0.4) is 0 Å². The summed E-state index contributed by atoms with van der Waals surface area (Å²) in [6.07, 6.45) is 7.03. The highest BCUT2D eigenvalue weighted by Crippen LogP contribution is 2.20. The van der Waals surface area contributed by atoms with Gasteiger partial charge in [-0.05, 0) is 42.7 Å². The largest absolute Gasteiger partial charge is 0.353 e. The molecule has 0 saturated carbocycles. The highest BCUT2D eigenvalue weighted by Gasteiger charge is 2.12. The number of nitrogens with zero attached hydrogens (tertiary/aromatic N) is 2. The van der Waals surface area contributed by atoms with Crippen LogP contribution in [0.5, 0.6) is 0 Å². The number of rotatable bonds is 10. The van der Waals surface area contributed by atoms with Crippen molar-refractivity contribution < 1.29 is 9.18 Å². The molecular weight excluding hydrogens is 413 g/mol. The van der Waals surface area contributed by atoms with Crippen molar-refractivity contribution in [2.24, 2.45) is 0 Å². The summed E-state index contributed by atoms with van der Waals surface area (Å²) in [7, 11) is 0. The molecule has 4 nitrogen and oxygen atoms in total. The quantitative estimate of drug-likeness (QED) is 0.251. The molecule has 168 valence electrons. The van der Waals surface area contributed by atoms with Crippen LogP contribution in [0.4, 0.5) is 4.39 Å². The topological polar surface area (TPSA) is 46.9 Å². The first kappa shape index (κ1) is 22.5. The standard InChI is InChI=1S/C28H28FN3O/c29-24-14-7-6-13-23(24)21-32-26-16-9-8-15-25(26)31-27(32)17-5-2-10-20-30-28(33)19-18-22-11-3-1-4-12-22/h1,3-4,6-9,11-16,18-19H,2,5,10,17,20-21H2,(H,30,33)/b19-18+. The van der Waals surface area contributed by atoms with Crippen LogP contribution in [0.1, 0.15) is 36.2 Å². The first-order chi connectivity index (χ1) is 16.2. The fourth-order valence-electron chi connectivity index (χ4n) is 3.88. The fourth-order valence-corrected chi connectivity index (χ4v) is 3.88. The van der Waals surface area contributed by atoms with Crippen molar-refractivity contribution >= 4 is 23.0 Å². The molecular formula is C28H28FN3O.